The zero-order valence-electron chi connectivity index (χ0n) is 20.6. The molecule has 0 bridgehead atoms. The van der Waals surface area contributed by atoms with Crippen LogP contribution in [0.3, 0.4) is 0 Å². The minimum Gasteiger partial charge on any atom is -0.491 e. The summed E-state index contributed by atoms with van der Waals surface area (Å²) in [4.78, 5) is 12.6. The smallest absolute Gasteiger partial charge is 0.309 e. The first-order valence-electron chi connectivity index (χ1n) is 13.4. The van der Waals surface area contributed by atoms with Crippen molar-refractivity contribution in [3.05, 3.63) is 42.0 Å². The van der Waals surface area contributed by atoms with E-state index in [4.69, 9.17) is 9.47 Å². The third-order valence-corrected chi connectivity index (χ3v) is 8.70. The van der Waals surface area contributed by atoms with E-state index in [0.717, 1.165) is 77.0 Å². The molecule has 0 heterocycles. The molecule has 0 N–H and O–H groups in total. The van der Waals surface area contributed by atoms with Gasteiger partial charge in [0.05, 0.1) is 12.5 Å². The van der Waals surface area contributed by atoms with E-state index in [1.165, 1.54) is 0 Å². The van der Waals surface area contributed by atoms with Crippen molar-refractivity contribution in [1.29, 1.82) is 0 Å². The van der Waals surface area contributed by atoms with Gasteiger partial charge in [0.15, 0.2) is 11.6 Å². The molecule has 4 rings (SSSR count). The number of carbonyl (C=O) groups excluding carboxylic acids is 1. The molecule has 0 amide bonds. The van der Waals surface area contributed by atoms with Crippen LogP contribution in [-0.4, -0.2) is 18.7 Å². The van der Waals surface area contributed by atoms with E-state index < -0.39 is 11.6 Å². The van der Waals surface area contributed by atoms with Crippen LogP contribution in [-0.2, 0) is 9.53 Å². The van der Waals surface area contributed by atoms with Gasteiger partial charge in [-0.15, -0.1) is 6.58 Å². The Bertz CT molecular complexity index is 830. The van der Waals surface area contributed by atoms with Crippen molar-refractivity contribution in [3.63, 3.8) is 0 Å². The summed E-state index contributed by atoms with van der Waals surface area (Å²) >= 11 is 0. The first-order chi connectivity index (χ1) is 16.5. The molecule has 34 heavy (non-hydrogen) atoms. The summed E-state index contributed by atoms with van der Waals surface area (Å²) in [5.74, 6) is 0.401. The van der Waals surface area contributed by atoms with Crippen molar-refractivity contribution < 1.29 is 23.0 Å². The molecular formula is C29H40F2O3. The summed E-state index contributed by atoms with van der Waals surface area (Å²) in [5, 5.41) is 0. The van der Waals surface area contributed by atoms with E-state index in [0.29, 0.717) is 29.9 Å². The van der Waals surface area contributed by atoms with Gasteiger partial charge in [-0.25, -0.2) is 4.39 Å². The Morgan fingerprint density at radius 2 is 1.53 bits per heavy atom. The van der Waals surface area contributed by atoms with E-state index in [2.05, 4.69) is 6.58 Å². The van der Waals surface area contributed by atoms with Crippen LogP contribution in [0.1, 0.15) is 95.5 Å². The number of hydrogen-bond acceptors (Lipinski definition) is 3. The highest BCUT2D eigenvalue weighted by Gasteiger charge is 2.34. The number of ether oxygens (including phenoxy) is 2. The van der Waals surface area contributed by atoms with Crippen LogP contribution in [0.5, 0.6) is 5.75 Å². The van der Waals surface area contributed by atoms with E-state index in [1.807, 2.05) is 6.08 Å². The molecule has 0 aliphatic heterocycles. The zero-order valence-corrected chi connectivity index (χ0v) is 20.6. The van der Waals surface area contributed by atoms with Crippen molar-refractivity contribution in [2.24, 2.45) is 23.7 Å². The number of hydrogen-bond donors (Lipinski definition) is 0. The average Bonchev–Trinajstić information content (AvgIpc) is 2.88. The fraction of sp³-hybridized carbons (Fsp3) is 0.690. The molecule has 3 aliphatic carbocycles. The Morgan fingerprint density at radius 1 is 0.912 bits per heavy atom. The quantitative estimate of drug-likeness (QED) is 0.300. The number of rotatable bonds is 7. The predicted molar refractivity (Wildman–Crippen MR) is 130 cm³/mol. The number of benzene rings is 1. The Balaban J connectivity index is 1.21. The van der Waals surface area contributed by atoms with Crippen molar-refractivity contribution >= 4 is 5.97 Å². The fourth-order valence-electron chi connectivity index (χ4n) is 6.56. The van der Waals surface area contributed by atoms with Gasteiger partial charge < -0.3 is 9.47 Å². The lowest BCUT2D eigenvalue weighted by Gasteiger charge is -2.38. The number of halogens is 2. The van der Waals surface area contributed by atoms with E-state index in [9.17, 15) is 13.6 Å². The maximum Gasteiger partial charge on any atom is 0.309 e. The second kappa shape index (κ2) is 11.7. The number of carbonyl (C=O) groups is 1. The van der Waals surface area contributed by atoms with E-state index >= 15 is 0 Å². The van der Waals surface area contributed by atoms with Gasteiger partial charge in [0.2, 0.25) is 5.82 Å². The van der Waals surface area contributed by atoms with Crippen LogP contribution < -0.4 is 4.74 Å². The molecule has 0 unspecified atom stereocenters. The summed E-state index contributed by atoms with van der Waals surface area (Å²) in [6, 6.07) is 3.27. The van der Waals surface area contributed by atoms with Crippen molar-refractivity contribution in [2.45, 2.75) is 96.0 Å². The Morgan fingerprint density at radius 3 is 2.12 bits per heavy atom. The highest BCUT2D eigenvalue weighted by Crippen LogP contribution is 2.44. The molecule has 0 saturated heterocycles. The molecule has 3 saturated carbocycles. The van der Waals surface area contributed by atoms with Gasteiger partial charge >= 0.3 is 5.97 Å². The van der Waals surface area contributed by atoms with Crippen LogP contribution in [0.15, 0.2) is 24.8 Å². The maximum atomic E-state index is 14.6. The Hall–Kier alpha value is -1.91. The molecule has 1 aromatic rings. The second-order valence-electron chi connectivity index (χ2n) is 10.6. The normalized spacial score (nSPS) is 32.1. The lowest BCUT2D eigenvalue weighted by molar-refractivity contribution is -0.157. The lowest BCUT2D eigenvalue weighted by atomic mass is 9.69. The van der Waals surface area contributed by atoms with E-state index in [-0.39, 0.29) is 29.7 Å². The third-order valence-electron chi connectivity index (χ3n) is 8.70. The molecule has 0 radical (unpaired) electrons. The molecule has 188 valence electrons. The first kappa shape index (κ1) is 25.2. The van der Waals surface area contributed by atoms with Gasteiger partial charge in [0.25, 0.3) is 0 Å². The second-order valence-corrected chi connectivity index (χ2v) is 10.6. The molecule has 3 fully saturated rings. The number of esters is 1. The predicted octanol–water partition coefficient (Wildman–Crippen LogP) is 7.73. The highest BCUT2D eigenvalue weighted by molar-refractivity contribution is 5.72. The lowest BCUT2D eigenvalue weighted by Crippen LogP contribution is -2.32. The van der Waals surface area contributed by atoms with Crippen LogP contribution in [0.25, 0.3) is 0 Å². The topological polar surface area (TPSA) is 35.5 Å². The summed E-state index contributed by atoms with van der Waals surface area (Å²) in [6.07, 6.45) is 14.0. The summed E-state index contributed by atoms with van der Waals surface area (Å²) in [5.41, 5.74) is 0.497. The molecule has 3 nitrogen and oxygen atoms in total. The van der Waals surface area contributed by atoms with Crippen molar-refractivity contribution in [3.8, 4) is 5.75 Å². The van der Waals surface area contributed by atoms with Crippen LogP contribution in [0.2, 0.25) is 0 Å². The van der Waals surface area contributed by atoms with Crippen LogP contribution >= 0.6 is 0 Å². The molecule has 0 aromatic heterocycles. The molecule has 0 spiro atoms. The fourth-order valence-corrected chi connectivity index (χ4v) is 6.56. The summed E-state index contributed by atoms with van der Waals surface area (Å²) in [7, 11) is 0. The Kier molecular flexibility index (Phi) is 8.65. The minimum absolute atomic E-state index is 0.000610. The van der Waals surface area contributed by atoms with Crippen LogP contribution in [0.4, 0.5) is 8.78 Å². The number of allylic oxidation sites excluding steroid dienone is 1. The van der Waals surface area contributed by atoms with Gasteiger partial charge in [0, 0.05) is 0 Å². The zero-order chi connectivity index (χ0) is 24.1. The first-order valence-corrected chi connectivity index (χ1v) is 13.4. The molecule has 1 aromatic carbocycles. The molecule has 3 aliphatic rings. The highest BCUT2D eigenvalue weighted by atomic mass is 19.2. The molecular weight excluding hydrogens is 434 g/mol. The van der Waals surface area contributed by atoms with Gasteiger partial charge in [0.1, 0.15) is 6.10 Å². The van der Waals surface area contributed by atoms with Gasteiger partial charge in [-0.3, -0.25) is 4.79 Å². The van der Waals surface area contributed by atoms with Gasteiger partial charge in [-0.1, -0.05) is 12.1 Å². The summed E-state index contributed by atoms with van der Waals surface area (Å²) in [6.45, 7) is 5.96. The van der Waals surface area contributed by atoms with Crippen molar-refractivity contribution in [2.75, 3.05) is 6.61 Å². The monoisotopic (exact) mass is 474 g/mol. The van der Waals surface area contributed by atoms with Gasteiger partial charge in [-0.05, 0) is 119 Å². The molecule has 5 heteroatoms. The third kappa shape index (κ3) is 5.83. The minimum atomic E-state index is -0.858. The van der Waals surface area contributed by atoms with Gasteiger partial charge in [-0.2, -0.15) is 4.39 Å². The standard InChI is InChI=1S/C29H40F2O3/c1-3-19-5-7-23(8-6-19)29(32)34-24-15-13-21(14-16-24)20-9-11-22(12-10-20)25-17-18-26(33-4-2)28(31)27(25)30/h3,17-24H,1,4-16H2,2H3. The maximum absolute atomic E-state index is 14.6. The SMILES string of the molecule is C=CC1CCC(C(=O)OC2CCC(C3CCC(c4ccc(OCC)c(F)c4F)CC3)CC2)CC1. The summed E-state index contributed by atoms with van der Waals surface area (Å²) < 4.78 is 40.0. The van der Waals surface area contributed by atoms with Crippen molar-refractivity contribution in [1.82, 2.24) is 0 Å². The largest absolute Gasteiger partial charge is 0.491 e. The molecule has 0 atom stereocenters. The van der Waals surface area contributed by atoms with E-state index in [1.54, 1.807) is 19.1 Å². The Labute approximate surface area is 203 Å². The average molecular weight is 475 g/mol. The van der Waals surface area contributed by atoms with Crippen LogP contribution in [0, 0.1) is 35.3 Å².